The molecule has 0 radical (unpaired) electrons. The van der Waals surface area contributed by atoms with Crippen molar-refractivity contribution in [1.29, 1.82) is 0 Å². The van der Waals surface area contributed by atoms with Gasteiger partial charge in [-0.3, -0.25) is 9.47 Å². The summed E-state index contributed by atoms with van der Waals surface area (Å²) in [7, 11) is -3.51. The van der Waals surface area contributed by atoms with E-state index in [-0.39, 0.29) is 5.69 Å². The Kier molecular flexibility index (Phi) is 5.73. The van der Waals surface area contributed by atoms with Crippen LogP contribution in [0.15, 0.2) is 38.4 Å². The topological polar surface area (TPSA) is 80.4 Å². The Hall–Kier alpha value is -1.49. The second-order valence-corrected chi connectivity index (χ2v) is 10.1. The van der Waals surface area contributed by atoms with Gasteiger partial charge in [0.25, 0.3) is 0 Å². The highest BCUT2D eigenvalue weighted by Crippen LogP contribution is 2.21. The third kappa shape index (κ3) is 3.96. The van der Waals surface area contributed by atoms with Gasteiger partial charge in [-0.15, -0.1) is 0 Å². The largest absolute Gasteiger partial charge is 0.347 e. The van der Waals surface area contributed by atoms with Gasteiger partial charge < -0.3 is 0 Å². The van der Waals surface area contributed by atoms with Gasteiger partial charge in [-0.1, -0.05) is 28.4 Å². The Morgan fingerprint density at radius 2 is 1.82 bits per heavy atom. The van der Waals surface area contributed by atoms with Crippen LogP contribution in [0.5, 0.6) is 0 Å². The second-order valence-electron chi connectivity index (χ2n) is 7.28. The molecule has 1 aromatic carbocycles. The van der Waals surface area contributed by atoms with Crippen LogP contribution < -0.4 is 5.69 Å². The van der Waals surface area contributed by atoms with Crippen LogP contribution in [0.1, 0.15) is 25.1 Å². The van der Waals surface area contributed by atoms with Gasteiger partial charge in [0.2, 0.25) is 10.0 Å². The van der Waals surface area contributed by atoms with E-state index in [1.54, 1.807) is 28.8 Å². The highest BCUT2D eigenvalue weighted by Gasteiger charge is 2.29. The van der Waals surface area contributed by atoms with E-state index >= 15 is 0 Å². The summed E-state index contributed by atoms with van der Waals surface area (Å²) in [6.45, 7) is 3.09. The summed E-state index contributed by atoms with van der Waals surface area (Å²) >= 11 is 3.33. The standard InChI is InChI=1S/C18H24BrN5O3S/c19-15-5-4-6-16(13-15)28(26,27)22-11-9-21(10-12-22)14-24-18(25)23-8-3-1-2-7-17(23)20-24/h4-6,13H,1-3,7-12,14H2. The number of rotatable bonds is 4. The minimum atomic E-state index is -3.51. The van der Waals surface area contributed by atoms with E-state index in [1.807, 2.05) is 0 Å². The predicted molar refractivity (Wildman–Crippen MR) is 109 cm³/mol. The molecule has 0 N–H and O–H groups in total. The van der Waals surface area contributed by atoms with Gasteiger partial charge in [-0.05, 0) is 31.0 Å². The molecule has 2 aromatic rings. The highest BCUT2D eigenvalue weighted by molar-refractivity contribution is 9.10. The Morgan fingerprint density at radius 3 is 2.57 bits per heavy atom. The first kappa shape index (κ1) is 19.8. The predicted octanol–water partition coefficient (Wildman–Crippen LogP) is 1.50. The third-order valence-corrected chi connectivity index (χ3v) is 7.77. The molecule has 0 amide bonds. The van der Waals surface area contributed by atoms with Gasteiger partial charge in [0.15, 0.2) is 0 Å². The van der Waals surface area contributed by atoms with Crippen molar-refractivity contribution >= 4 is 26.0 Å². The summed E-state index contributed by atoms with van der Waals surface area (Å²) in [6.07, 6.45) is 4.07. The van der Waals surface area contributed by atoms with Crippen LogP contribution in [-0.2, 0) is 29.7 Å². The number of halogens is 1. The fraction of sp³-hybridized carbons (Fsp3) is 0.556. The summed E-state index contributed by atoms with van der Waals surface area (Å²) in [5.41, 5.74) is -0.0545. The molecule has 0 saturated carbocycles. The van der Waals surface area contributed by atoms with Crippen molar-refractivity contribution in [2.75, 3.05) is 26.2 Å². The summed E-state index contributed by atoms with van der Waals surface area (Å²) in [5.74, 6) is 0.873. The lowest BCUT2D eigenvalue weighted by atomic mass is 10.2. The van der Waals surface area contributed by atoms with Crippen LogP contribution in [0.25, 0.3) is 0 Å². The fourth-order valence-electron chi connectivity index (χ4n) is 3.79. The molecule has 28 heavy (non-hydrogen) atoms. The molecule has 1 fully saturated rings. The van der Waals surface area contributed by atoms with Gasteiger partial charge in [0, 0.05) is 43.6 Å². The Bertz CT molecular complexity index is 1010. The van der Waals surface area contributed by atoms with Gasteiger partial charge in [0.05, 0.1) is 11.6 Å². The molecule has 0 spiro atoms. The molecule has 3 heterocycles. The van der Waals surface area contributed by atoms with E-state index in [2.05, 4.69) is 25.9 Å². The monoisotopic (exact) mass is 469 g/mol. The number of hydrogen-bond acceptors (Lipinski definition) is 5. The number of piperazine rings is 1. The average molecular weight is 470 g/mol. The van der Waals surface area contributed by atoms with E-state index in [1.165, 1.54) is 8.99 Å². The molecule has 2 aliphatic rings. The quantitative estimate of drug-likeness (QED) is 0.677. The first-order chi connectivity index (χ1) is 13.4. The summed E-state index contributed by atoms with van der Waals surface area (Å²) in [4.78, 5) is 15.0. The highest BCUT2D eigenvalue weighted by atomic mass is 79.9. The van der Waals surface area contributed by atoms with E-state index in [4.69, 9.17) is 0 Å². The van der Waals surface area contributed by atoms with Crippen LogP contribution in [0.4, 0.5) is 0 Å². The molecule has 152 valence electrons. The average Bonchev–Trinajstić information content (AvgIpc) is 2.85. The van der Waals surface area contributed by atoms with Crippen molar-refractivity contribution in [3.8, 4) is 0 Å². The zero-order valence-corrected chi connectivity index (χ0v) is 18.0. The minimum Gasteiger partial charge on any atom is -0.282 e. The van der Waals surface area contributed by atoms with E-state index in [9.17, 15) is 13.2 Å². The molecule has 8 nitrogen and oxygen atoms in total. The molecule has 10 heteroatoms. The zero-order valence-electron chi connectivity index (χ0n) is 15.6. The molecule has 2 aliphatic heterocycles. The third-order valence-electron chi connectivity index (χ3n) is 5.38. The molecular formula is C18H24BrN5O3S. The maximum absolute atomic E-state index is 12.8. The summed E-state index contributed by atoms with van der Waals surface area (Å²) in [5, 5.41) is 4.52. The second kappa shape index (κ2) is 8.10. The van der Waals surface area contributed by atoms with Crippen LogP contribution in [0.2, 0.25) is 0 Å². The maximum Gasteiger partial charge on any atom is 0.347 e. The zero-order chi connectivity index (χ0) is 19.7. The molecular weight excluding hydrogens is 446 g/mol. The number of aryl methyl sites for hydroxylation is 1. The maximum atomic E-state index is 12.8. The molecule has 1 aromatic heterocycles. The smallest absolute Gasteiger partial charge is 0.282 e. The van der Waals surface area contributed by atoms with Crippen molar-refractivity contribution in [3.05, 3.63) is 45.0 Å². The molecule has 1 saturated heterocycles. The van der Waals surface area contributed by atoms with E-state index in [0.717, 1.165) is 42.5 Å². The number of nitrogens with zero attached hydrogens (tertiary/aromatic N) is 5. The normalized spacial score (nSPS) is 19.3. The van der Waals surface area contributed by atoms with Gasteiger partial charge in [-0.2, -0.15) is 14.1 Å². The van der Waals surface area contributed by atoms with Crippen molar-refractivity contribution < 1.29 is 8.42 Å². The SMILES string of the molecule is O=c1n(CN2CCN(S(=O)(=O)c3cccc(Br)c3)CC2)nc2n1CCCCC2. The fourth-order valence-corrected chi connectivity index (χ4v) is 5.81. The number of fused-ring (bicyclic) bond motifs is 1. The summed E-state index contributed by atoms with van der Waals surface area (Å²) in [6, 6.07) is 6.77. The van der Waals surface area contributed by atoms with Crippen LogP contribution in [-0.4, -0.2) is 58.1 Å². The number of sulfonamides is 1. The minimum absolute atomic E-state index is 0.0545. The molecule has 0 bridgehead atoms. The van der Waals surface area contributed by atoms with Crippen LogP contribution >= 0.6 is 15.9 Å². The molecule has 4 rings (SSSR count). The lowest BCUT2D eigenvalue weighted by Crippen LogP contribution is -2.49. The number of hydrogen-bond donors (Lipinski definition) is 0. The molecule has 0 aliphatic carbocycles. The van der Waals surface area contributed by atoms with E-state index in [0.29, 0.717) is 37.7 Å². The molecule has 0 unspecified atom stereocenters. The van der Waals surface area contributed by atoms with Crippen molar-refractivity contribution in [3.63, 3.8) is 0 Å². The first-order valence-corrected chi connectivity index (χ1v) is 11.8. The van der Waals surface area contributed by atoms with Crippen molar-refractivity contribution in [1.82, 2.24) is 23.6 Å². The number of benzene rings is 1. The van der Waals surface area contributed by atoms with Gasteiger partial charge in [-0.25, -0.2) is 13.2 Å². The van der Waals surface area contributed by atoms with Crippen molar-refractivity contribution in [2.45, 2.75) is 43.8 Å². The lowest BCUT2D eigenvalue weighted by molar-refractivity contribution is 0.143. The van der Waals surface area contributed by atoms with Gasteiger partial charge >= 0.3 is 5.69 Å². The van der Waals surface area contributed by atoms with Crippen LogP contribution in [0, 0.1) is 0 Å². The number of aromatic nitrogens is 3. The Balaban J connectivity index is 1.42. The van der Waals surface area contributed by atoms with E-state index < -0.39 is 10.0 Å². The summed E-state index contributed by atoms with van der Waals surface area (Å²) < 4.78 is 31.3. The van der Waals surface area contributed by atoms with Crippen LogP contribution in [0.3, 0.4) is 0 Å². The molecule has 0 atom stereocenters. The Labute approximate surface area is 172 Å². The Morgan fingerprint density at radius 1 is 1.04 bits per heavy atom. The van der Waals surface area contributed by atoms with Crippen molar-refractivity contribution in [2.24, 2.45) is 0 Å². The lowest BCUT2D eigenvalue weighted by Gasteiger charge is -2.33. The van der Waals surface area contributed by atoms with Gasteiger partial charge in [0.1, 0.15) is 5.82 Å². The first-order valence-electron chi connectivity index (χ1n) is 9.60.